The van der Waals surface area contributed by atoms with Gasteiger partial charge in [0.05, 0.1) is 16.4 Å². The lowest BCUT2D eigenvalue weighted by atomic mass is 10.2. The van der Waals surface area contributed by atoms with Gasteiger partial charge in [0.25, 0.3) is 5.69 Å². The molecule has 0 aliphatic carbocycles. The third-order valence-electron chi connectivity index (χ3n) is 3.43. The van der Waals surface area contributed by atoms with Crippen molar-refractivity contribution in [1.82, 2.24) is 4.72 Å². The molecule has 3 rings (SSSR count). The fraction of sp³-hybridized carbons (Fsp3) is 0.200. The Hall–Kier alpha value is -2.65. The second-order valence-corrected chi connectivity index (χ2v) is 6.87. The predicted molar refractivity (Wildman–Crippen MR) is 84.6 cm³/mol. The largest absolute Gasteiger partial charge is 0.486 e. The van der Waals surface area contributed by atoms with E-state index in [9.17, 15) is 18.5 Å². The molecular formula is C15H14N2O6S. The van der Waals surface area contributed by atoms with Crippen molar-refractivity contribution < 1.29 is 22.8 Å². The molecule has 24 heavy (non-hydrogen) atoms. The summed E-state index contributed by atoms with van der Waals surface area (Å²) in [4.78, 5) is 9.97. The number of para-hydroxylation sites is 2. The van der Waals surface area contributed by atoms with Gasteiger partial charge in [-0.1, -0.05) is 12.1 Å². The van der Waals surface area contributed by atoms with Gasteiger partial charge in [-0.25, -0.2) is 13.1 Å². The van der Waals surface area contributed by atoms with Crippen molar-refractivity contribution in [2.24, 2.45) is 0 Å². The molecule has 0 radical (unpaired) electrons. The third-order valence-corrected chi connectivity index (χ3v) is 4.87. The van der Waals surface area contributed by atoms with Crippen LogP contribution in [-0.4, -0.2) is 32.6 Å². The Balaban J connectivity index is 1.64. The molecule has 126 valence electrons. The number of rotatable bonds is 5. The number of fused-ring (bicyclic) bond motifs is 1. The summed E-state index contributed by atoms with van der Waals surface area (Å²) in [5.41, 5.74) is -0.172. The van der Waals surface area contributed by atoms with Crippen LogP contribution in [0.25, 0.3) is 0 Å². The quantitative estimate of drug-likeness (QED) is 0.650. The van der Waals surface area contributed by atoms with Crippen molar-refractivity contribution in [3.05, 3.63) is 58.6 Å². The van der Waals surface area contributed by atoms with Crippen LogP contribution >= 0.6 is 0 Å². The first-order chi connectivity index (χ1) is 11.5. The number of benzene rings is 2. The zero-order valence-corrected chi connectivity index (χ0v) is 13.2. The number of ether oxygens (including phenoxy) is 2. The molecule has 2 aromatic carbocycles. The van der Waals surface area contributed by atoms with E-state index in [0.717, 1.165) is 12.1 Å². The molecule has 0 unspecified atom stereocenters. The Labute approximate surface area is 138 Å². The average Bonchev–Trinajstić information content (AvgIpc) is 2.60. The molecule has 1 aliphatic heterocycles. The summed E-state index contributed by atoms with van der Waals surface area (Å²) in [5, 5.41) is 10.6. The molecule has 1 N–H and O–H groups in total. The topological polar surface area (TPSA) is 108 Å². The summed E-state index contributed by atoms with van der Waals surface area (Å²) in [7, 11) is -3.79. The molecule has 1 atom stereocenters. The van der Waals surface area contributed by atoms with Gasteiger partial charge in [0.1, 0.15) is 12.7 Å². The Morgan fingerprint density at radius 3 is 2.46 bits per heavy atom. The minimum absolute atomic E-state index is 0.0215. The fourth-order valence-electron chi connectivity index (χ4n) is 2.20. The van der Waals surface area contributed by atoms with Gasteiger partial charge in [0.15, 0.2) is 11.5 Å². The molecule has 0 spiro atoms. The Morgan fingerprint density at radius 1 is 1.12 bits per heavy atom. The first-order valence-corrected chi connectivity index (χ1v) is 8.56. The highest BCUT2D eigenvalue weighted by Gasteiger charge is 2.23. The lowest BCUT2D eigenvalue weighted by molar-refractivity contribution is -0.384. The highest BCUT2D eigenvalue weighted by Crippen LogP contribution is 2.30. The molecule has 1 heterocycles. The lowest BCUT2D eigenvalue weighted by Crippen LogP contribution is -2.40. The second-order valence-electron chi connectivity index (χ2n) is 5.10. The highest BCUT2D eigenvalue weighted by atomic mass is 32.2. The summed E-state index contributed by atoms with van der Waals surface area (Å²) in [6.45, 7) is 0.244. The number of nitrogens with zero attached hydrogens (tertiary/aromatic N) is 1. The molecule has 0 saturated heterocycles. The number of nitro benzene ring substituents is 1. The maximum atomic E-state index is 12.2. The number of nitrogens with one attached hydrogen (secondary N) is 1. The molecule has 8 nitrogen and oxygen atoms in total. The molecule has 0 amide bonds. The van der Waals surface area contributed by atoms with E-state index in [1.165, 1.54) is 12.1 Å². The van der Waals surface area contributed by atoms with Crippen LogP contribution in [0.15, 0.2) is 53.4 Å². The predicted octanol–water partition coefficient (Wildman–Crippen LogP) is 1.71. The SMILES string of the molecule is O=[N+]([O-])c1ccc(S(=O)(=O)NC[C@H]2COc3ccccc3O2)cc1. The van der Waals surface area contributed by atoms with Gasteiger partial charge < -0.3 is 9.47 Å². The fourth-order valence-corrected chi connectivity index (χ4v) is 3.26. The van der Waals surface area contributed by atoms with Crippen LogP contribution in [0.4, 0.5) is 5.69 Å². The van der Waals surface area contributed by atoms with Crippen molar-refractivity contribution in [1.29, 1.82) is 0 Å². The van der Waals surface area contributed by atoms with E-state index >= 15 is 0 Å². The van der Waals surface area contributed by atoms with E-state index < -0.39 is 21.1 Å². The summed E-state index contributed by atoms with van der Waals surface area (Å²) in [6.07, 6.45) is -0.465. The minimum atomic E-state index is -3.79. The zero-order chi connectivity index (χ0) is 17.2. The van der Waals surface area contributed by atoms with Crippen molar-refractivity contribution in [2.75, 3.05) is 13.2 Å². The number of hydrogen-bond acceptors (Lipinski definition) is 6. The van der Waals surface area contributed by atoms with Crippen LogP contribution in [0.2, 0.25) is 0 Å². The number of sulfonamides is 1. The van der Waals surface area contributed by atoms with Crippen LogP contribution in [0.3, 0.4) is 0 Å². The van der Waals surface area contributed by atoms with Crippen LogP contribution in [0.1, 0.15) is 0 Å². The van der Waals surface area contributed by atoms with E-state index in [-0.39, 0.29) is 23.7 Å². The highest BCUT2D eigenvalue weighted by molar-refractivity contribution is 7.89. The van der Waals surface area contributed by atoms with Gasteiger partial charge in [0, 0.05) is 12.1 Å². The van der Waals surface area contributed by atoms with Gasteiger partial charge in [-0.3, -0.25) is 10.1 Å². The normalized spacial score (nSPS) is 16.6. The molecule has 0 fully saturated rings. The molecule has 0 aromatic heterocycles. The standard InChI is InChI=1S/C15H14N2O6S/c18-17(19)11-5-7-13(8-6-11)24(20,21)16-9-12-10-22-14-3-1-2-4-15(14)23-12/h1-8,12,16H,9-10H2/t12-/m0/s1. The number of non-ortho nitro benzene ring substituents is 1. The summed E-state index contributed by atoms with van der Waals surface area (Å²) < 4.78 is 38.1. The Bertz CT molecular complexity index is 851. The molecule has 0 saturated carbocycles. The van der Waals surface area contributed by atoms with E-state index in [4.69, 9.17) is 9.47 Å². The van der Waals surface area contributed by atoms with Crippen molar-refractivity contribution >= 4 is 15.7 Å². The lowest BCUT2D eigenvalue weighted by Gasteiger charge is -2.26. The second kappa shape index (κ2) is 6.46. The monoisotopic (exact) mass is 350 g/mol. The maximum absolute atomic E-state index is 12.2. The first kappa shape index (κ1) is 16.2. The van der Waals surface area contributed by atoms with Crippen molar-refractivity contribution in [2.45, 2.75) is 11.0 Å². The van der Waals surface area contributed by atoms with Crippen LogP contribution in [-0.2, 0) is 10.0 Å². The van der Waals surface area contributed by atoms with E-state index in [2.05, 4.69) is 4.72 Å². The minimum Gasteiger partial charge on any atom is -0.486 e. The smallest absolute Gasteiger partial charge is 0.269 e. The van der Waals surface area contributed by atoms with Gasteiger partial charge in [-0.2, -0.15) is 0 Å². The molecule has 9 heteroatoms. The van der Waals surface area contributed by atoms with Gasteiger partial charge in [-0.15, -0.1) is 0 Å². The van der Waals surface area contributed by atoms with Crippen LogP contribution in [0.5, 0.6) is 11.5 Å². The Kier molecular flexibility index (Phi) is 4.36. The van der Waals surface area contributed by atoms with Crippen LogP contribution in [0, 0.1) is 10.1 Å². The van der Waals surface area contributed by atoms with Crippen molar-refractivity contribution in [3.8, 4) is 11.5 Å². The Morgan fingerprint density at radius 2 is 1.79 bits per heavy atom. The van der Waals surface area contributed by atoms with Gasteiger partial charge in [0.2, 0.25) is 10.0 Å². The molecule has 2 aromatic rings. The molecular weight excluding hydrogens is 336 g/mol. The van der Waals surface area contributed by atoms with E-state index in [1.807, 2.05) is 6.07 Å². The van der Waals surface area contributed by atoms with Gasteiger partial charge >= 0.3 is 0 Å². The van der Waals surface area contributed by atoms with E-state index in [0.29, 0.717) is 11.5 Å². The van der Waals surface area contributed by atoms with Crippen LogP contribution < -0.4 is 14.2 Å². The number of nitro groups is 1. The van der Waals surface area contributed by atoms with Gasteiger partial charge in [-0.05, 0) is 24.3 Å². The van der Waals surface area contributed by atoms with E-state index in [1.54, 1.807) is 18.2 Å². The summed E-state index contributed by atoms with van der Waals surface area (Å²) in [6, 6.07) is 11.8. The summed E-state index contributed by atoms with van der Waals surface area (Å²) >= 11 is 0. The summed E-state index contributed by atoms with van der Waals surface area (Å²) in [5.74, 6) is 1.18. The maximum Gasteiger partial charge on any atom is 0.269 e. The average molecular weight is 350 g/mol. The zero-order valence-electron chi connectivity index (χ0n) is 12.4. The van der Waals surface area contributed by atoms with Crippen molar-refractivity contribution in [3.63, 3.8) is 0 Å². The molecule has 1 aliphatic rings. The third kappa shape index (κ3) is 3.47. The molecule has 0 bridgehead atoms. The first-order valence-electron chi connectivity index (χ1n) is 7.08. The number of hydrogen-bond donors (Lipinski definition) is 1.